The third-order valence-electron chi connectivity index (χ3n) is 5.28. The van der Waals surface area contributed by atoms with Gasteiger partial charge in [-0.2, -0.15) is 5.10 Å². The standard InChI is InChI=1S/C27H27Cl2N3O5/c1-17(37-23-12-10-20(28)15-21(23)29)26(33)31-22(13-18-7-5-4-6-8-18)27(34)32-30-16-19-9-11-24(35-2)25(14-19)36-3/h4-12,14-17,22H,13H2,1-3H3,(H,31,33)(H,32,34)/b30-16-/t17-,22-/m1/s1. The maximum Gasteiger partial charge on any atom is 0.262 e. The fourth-order valence-electron chi connectivity index (χ4n) is 3.34. The molecule has 0 aliphatic carbocycles. The topological polar surface area (TPSA) is 98.2 Å². The van der Waals surface area contributed by atoms with E-state index in [2.05, 4.69) is 15.8 Å². The molecular weight excluding hydrogens is 517 g/mol. The first kappa shape index (κ1) is 27.8. The van der Waals surface area contributed by atoms with Crippen molar-refractivity contribution in [2.24, 2.45) is 5.10 Å². The first-order valence-electron chi connectivity index (χ1n) is 11.3. The molecule has 3 rings (SSSR count). The highest BCUT2D eigenvalue weighted by molar-refractivity contribution is 6.35. The molecule has 194 valence electrons. The summed E-state index contributed by atoms with van der Waals surface area (Å²) in [7, 11) is 3.08. The average molecular weight is 544 g/mol. The second-order valence-corrected chi connectivity index (χ2v) is 8.78. The van der Waals surface area contributed by atoms with E-state index in [4.69, 9.17) is 37.4 Å². The monoisotopic (exact) mass is 543 g/mol. The van der Waals surface area contributed by atoms with E-state index >= 15 is 0 Å². The van der Waals surface area contributed by atoms with Gasteiger partial charge in [0.05, 0.1) is 25.5 Å². The quantitative estimate of drug-likeness (QED) is 0.271. The molecule has 8 nitrogen and oxygen atoms in total. The molecule has 3 aromatic carbocycles. The van der Waals surface area contributed by atoms with Crippen LogP contribution in [0.1, 0.15) is 18.1 Å². The minimum Gasteiger partial charge on any atom is -0.493 e. The lowest BCUT2D eigenvalue weighted by atomic mass is 10.1. The maximum absolute atomic E-state index is 13.0. The van der Waals surface area contributed by atoms with Gasteiger partial charge in [0.25, 0.3) is 11.8 Å². The number of methoxy groups -OCH3 is 2. The molecule has 0 fully saturated rings. The molecule has 0 aromatic heterocycles. The van der Waals surface area contributed by atoms with Crippen LogP contribution in [0.3, 0.4) is 0 Å². The predicted molar refractivity (Wildman–Crippen MR) is 144 cm³/mol. The smallest absolute Gasteiger partial charge is 0.262 e. The Labute approximate surface area is 225 Å². The van der Waals surface area contributed by atoms with Gasteiger partial charge in [-0.1, -0.05) is 53.5 Å². The summed E-state index contributed by atoms with van der Waals surface area (Å²) in [5.41, 5.74) is 4.04. The van der Waals surface area contributed by atoms with E-state index in [9.17, 15) is 9.59 Å². The van der Waals surface area contributed by atoms with Gasteiger partial charge in [0.15, 0.2) is 17.6 Å². The second kappa shape index (κ2) is 13.5. The second-order valence-electron chi connectivity index (χ2n) is 7.93. The molecule has 3 aromatic rings. The molecule has 2 N–H and O–H groups in total. The number of ether oxygens (including phenoxy) is 3. The minimum absolute atomic E-state index is 0.249. The van der Waals surface area contributed by atoms with E-state index in [1.54, 1.807) is 44.4 Å². The number of carbonyl (C=O) groups excluding carboxylic acids is 2. The molecule has 0 saturated carbocycles. The Kier molecular flexibility index (Phi) is 10.2. The Bertz CT molecular complexity index is 1250. The summed E-state index contributed by atoms with van der Waals surface area (Å²) in [5.74, 6) is 0.418. The highest BCUT2D eigenvalue weighted by Crippen LogP contribution is 2.28. The molecule has 0 heterocycles. The molecule has 2 amide bonds. The van der Waals surface area contributed by atoms with E-state index in [-0.39, 0.29) is 11.4 Å². The van der Waals surface area contributed by atoms with Crippen LogP contribution in [0.15, 0.2) is 71.8 Å². The van der Waals surface area contributed by atoms with Gasteiger partial charge in [0.2, 0.25) is 0 Å². The molecule has 0 radical (unpaired) electrons. The van der Waals surface area contributed by atoms with Gasteiger partial charge in [-0.05, 0) is 54.4 Å². The van der Waals surface area contributed by atoms with Crippen LogP contribution in [0.25, 0.3) is 0 Å². The Morgan fingerprint density at radius 2 is 1.62 bits per heavy atom. The van der Waals surface area contributed by atoms with Crippen LogP contribution in [0.5, 0.6) is 17.2 Å². The first-order valence-corrected chi connectivity index (χ1v) is 12.1. The molecular formula is C27H27Cl2N3O5. The van der Waals surface area contributed by atoms with Crippen LogP contribution in [0.4, 0.5) is 0 Å². The van der Waals surface area contributed by atoms with E-state index in [0.29, 0.717) is 27.8 Å². The molecule has 0 spiro atoms. The van der Waals surface area contributed by atoms with Crippen molar-refractivity contribution in [1.29, 1.82) is 0 Å². The fourth-order valence-corrected chi connectivity index (χ4v) is 3.80. The van der Waals surface area contributed by atoms with Crippen LogP contribution in [-0.2, 0) is 16.0 Å². The van der Waals surface area contributed by atoms with Crippen molar-refractivity contribution in [2.45, 2.75) is 25.5 Å². The highest BCUT2D eigenvalue weighted by atomic mass is 35.5. The summed E-state index contributed by atoms with van der Waals surface area (Å²) in [6.07, 6.45) is 0.786. The lowest BCUT2D eigenvalue weighted by molar-refractivity contribution is -0.132. The number of hydrogen-bond donors (Lipinski definition) is 2. The largest absolute Gasteiger partial charge is 0.493 e. The average Bonchev–Trinajstić information content (AvgIpc) is 2.90. The van der Waals surface area contributed by atoms with Crippen LogP contribution in [-0.4, -0.2) is 44.4 Å². The van der Waals surface area contributed by atoms with Gasteiger partial charge >= 0.3 is 0 Å². The molecule has 0 unspecified atom stereocenters. The number of nitrogens with one attached hydrogen (secondary N) is 2. The number of benzene rings is 3. The Hall–Kier alpha value is -3.75. The molecule has 0 bridgehead atoms. The minimum atomic E-state index is -0.931. The summed E-state index contributed by atoms with van der Waals surface area (Å²) in [6, 6.07) is 18.3. The van der Waals surface area contributed by atoms with Gasteiger partial charge in [-0.25, -0.2) is 5.43 Å². The lowest BCUT2D eigenvalue weighted by Gasteiger charge is -2.21. The SMILES string of the molecule is COc1ccc(/C=N\NC(=O)[C@@H](Cc2ccccc2)NC(=O)[C@@H](C)Oc2ccc(Cl)cc2Cl)cc1OC. The molecule has 0 saturated heterocycles. The van der Waals surface area contributed by atoms with Crippen LogP contribution >= 0.6 is 23.2 Å². The summed E-state index contributed by atoms with van der Waals surface area (Å²) in [5, 5.41) is 7.50. The molecule has 37 heavy (non-hydrogen) atoms. The number of nitrogens with zero attached hydrogens (tertiary/aromatic N) is 1. The van der Waals surface area contributed by atoms with Gasteiger partial charge in [-0.15, -0.1) is 0 Å². The van der Waals surface area contributed by atoms with Crippen molar-refractivity contribution >= 4 is 41.2 Å². The zero-order chi connectivity index (χ0) is 26.8. The Morgan fingerprint density at radius 3 is 2.30 bits per heavy atom. The van der Waals surface area contributed by atoms with Crippen molar-refractivity contribution in [1.82, 2.24) is 10.7 Å². The molecule has 2 atom stereocenters. The molecule has 10 heteroatoms. The van der Waals surface area contributed by atoms with E-state index in [1.807, 2.05) is 30.3 Å². The number of hydrazone groups is 1. The summed E-state index contributed by atoms with van der Waals surface area (Å²) >= 11 is 12.1. The van der Waals surface area contributed by atoms with Gasteiger partial charge < -0.3 is 19.5 Å². The Morgan fingerprint density at radius 1 is 0.919 bits per heavy atom. The third-order valence-corrected chi connectivity index (χ3v) is 5.81. The number of halogens is 2. The summed E-state index contributed by atoms with van der Waals surface area (Å²) in [4.78, 5) is 25.9. The number of rotatable bonds is 11. The molecule has 0 aliphatic heterocycles. The fraction of sp³-hybridized carbons (Fsp3) is 0.222. The number of hydrogen-bond acceptors (Lipinski definition) is 6. The van der Waals surface area contributed by atoms with Gasteiger partial charge in [-0.3, -0.25) is 9.59 Å². The predicted octanol–water partition coefficient (Wildman–Crippen LogP) is 4.66. The number of carbonyl (C=O) groups is 2. The lowest BCUT2D eigenvalue weighted by Crippen LogP contribution is -2.50. The zero-order valence-electron chi connectivity index (χ0n) is 20.5. The van der Waals surface area contributed by atoms with Crippen LogP contribution in [0.2, 0.25) is 10.0 Å². The zero-order valence-corrected chi connectivity index (χ0v) is 22.0. The third kappa shape index (κ3) is 8.13. The van der Waals surface area contributed by atoms with Gasteiger partial charge in [0, 0.05) is 11.4 Å². The first-order chi connectivity index (χ1) is 17.8. The van der Waals surface area contributed by atoms with E-state index in [0.717, 1.165) is 5.56 Å². The van der Waals surface area contributed by atoms with Crippen LogP contribution in [0, 0.1) is 0 Å². The highest BCUT2D eigenvalue weighted by Gasteiger charge is 2.25. The van der Waals surface area contributed by atoms with Gasteiger partial charge in [0.1, 0.15) is 11.8 Å². The van der Waals surface area contributed by atoms with E-state index in [1.165, 1.54) is 19.4 Å². The van der Waals surface area contributed by atoms with Crippen molar-refractivity contribution in [3.05, 3.63) is 87.9 Å². The van der Waals surface area contributed by atoms with E-state index < -0.39 is 24.0 Å². The Balaban J connectivity index is 1.70. The van der Waals surface area contributed by atoms with Crippen molar-refractivity contribution in [2.75, 3.05) is 14.2 Å². The van der Waals surface area contributed by atoms with Crippen LogP contribution < -0.4 is 25.0 Å². The normalized spacial score (nSPS) is 12.5. The maximum atomic E-state index is 13.0. The summed E-state index contributed by atoms with van der Waals surface area (Å²) < 4.78 is 16.2. The van der Waals surface area contributed by atoms with Crippen molar-refractivity contribution in [3.8, 4) is 17.2 Å². The number of amides is 2. The van der Waals surface area contributed by atoms with Crippen molar-refractivity contribution in [3.63, 3.8) is 0 Å². The summed E-state index contributed by atoms with van der Waals surface area (Å²) in [6.45, 7) is 1.56. The molecule has 0 aliphatic rings. The van der Waals surface area contributed by atoms with Crippen molar-refractivity contribution < 1.29 is 23.8 Å².